The minimum Gasteiger partial charge on any atom is -0.489 e. The minimum atomic E-state index is -0.910. The number of aliphatic hydroxyl groups excluding tert-OH is 1. The Kier molecular flexibility index (Phi) is 6.35. The fourth-order valence-electron chi connectivity index (χ4n) is 1.80. The van der Waals surface area contributed by atoms with Crippen LogP contribution in [-0.4, -0.2) is 30.3 Å². The highest BCUT2D eigenvalue weighted by atomic mass is 79.9. The zero-order valence-corrected chi connectivity index (χ0v) is 15.2. The lowest BCUT2D eigenvalue weighted by Crippen LogP contribution is -2.35. The lowest BCUT2D eigenvalue weighted by Gasteiger charge is -2.14. The number of amides is 1. The largest absolute Gasteiger partial charge is 0.489 e. The number of halogens is 3. The summed E-state index contributed by atoms with van der Waals surface area (Å²) in [5.41, 5.74) is 0.700. The van der Waals surface area contributed by atoms with Crippen LogP contribution < -0.4 is 10.1 Å². The second kappa shape index (κ2) is 8.06. The Morgan fingerprint density at radius 3 is 2.87 bits per heavy atom. The highest BCUT2D eigenvalue weighted by Gasteiger charge is 2.16. The number of benzene rings is 1. The molecule has 5 nitrogen and oxygen atoms in total. The molecule has 0 fully saturated rings. The van der Waals surface area contributed by atoms with Gasteiger partial charge in [-0.2, -0.15) is 0 Å². The smallest absolute Gasteiger partial charge is 0.287 e. The van der Waals surface area contributed by atoms with Crippen molar-refractivity contribution < 1.29 is 19.1 Å². The first-order valence-electron chi connectivity index (χ1n) is 6.67. The number of aryl methyl sites for hydroxylation is 1. The molecule has 0 radical (unpaired) electrons. The van der Waals surface area contributed by atoms with E-state index >= 15 is 0 Å². The van der Waals surface area contributed by atoms with Crippen molar-refractivity contribution in [1.29, 1.82) is 0 Å². The van der Waals surface area contributed by atoms with Gasteiger partial charge < -0.3 is 19.6 Å². The molecule has 2 rings (SSSR count). The molecule has 1 unspecified atom stereocenters. The third-order valence-corrected chi connectivity index (χ3v) is 4.13. The Bertz CT molecular complexity index is 705. The van der Waals surface area contributed by atoms with Gasteiger partial charge in [0.15, 0.2) is 10.4 Å². The van der Waals surface area contributed by atoms with Crippen LogP contribution in [0, 0.1) is 6.92 Å². The van der Waals surface area contributed by atoms with E-state index in [-0.39, 0.29) is 23.9 Å². The molecule has 0 aliphatic carbocycles. The van der Waals surface area contributed by atoms with Crippen molar-refractivity contribution in [3.05, 3.63) is 50.3 Å². The minimum absolute atomic E-state index is 0.00871. The molecule has 0 saturated carbocycles. The van der Waals surface area contributed by atoms with Gasteiger partial charge in [-0.1, -0.05) is 29.3 Å². The van der Waals surface area contributed by atoms with Gasteiger partial charge in [0, 0.05) is 12.1 Å². The number of nitrogens with one attached hydrogen (secondary N) is 1. The normalized spacial score (nSPS) is 12.0. The number of aliphatic hydroxyl groups is 1. The maximum Gasteiger partial charge on any atom is 0.287 e. The Morgan fingerprint density at radius 2 is 2.22 bits per heavy atom. The van der Waals surface area contributed by atoms with Gasteiger partial charge in [0.05, 0.1) is 5.02 Å². The number of rotatable bonds is 6. The molecule has 0 aliphatic rings. The zero-order valence-electron chi connectivity index (χ0n) is 12.1. The van der Waals surface area contributed by atoms with Crippen LogP contribution in [0.1, 0.15) is 16.1 Å². The number of furan rings is 1. The summed E-state index contributed by atoms with van der Waals surface area (Å²) >= 11 is 15.0. The van der Waals surface area contributed by atoms with Crippen molar-refractivity contribution in [3.8, 4) is 5.75 Å². The quantitative estimate of drug-likeness (QED) is 0.742. The van der Waals surface area contributed by atoms with Gasteiger partial charge in [-0.05, 0) is 41.1 Å². The molecule has 0 aliphatic heterocycles. The predicted octanol–water partition coefficient (Wildman–Crippen LogP) is 3.83. The van der Waals surface area contributed by atoms with Crippen molar-refractivity contribution in [1.82, 2.24) is 5.32 Å². The molecule has 0 saturated heterocycles. The highest BCUT2D eigenvalue weighted by molar-refractivity contribution is 9.10. The molecule has 124 valence electrons. The summed E-state index contributed by atoms with van der Waals surface area (Å²) in [6.45, 7) is 1.72. The fraction of sp³-hybridized carbons (Fsp3) is 0.267. The summed E-state index contributed by atoms with van der Waals surface area (Å²) in [5.74, 6) is 0.159. The van der Waals surface area contributed by atoms with Crippen LogP contribution in [0.4, 0.5) is 0 Å². The summed E-state index contributed by atoms with van der Waals surface area (Å²) in [6, 6.07) is 6.66. The van der Waals surface area contributed by atoms with E-state index in [1.165, 1.54) is 0 Å². The zero-order chi connectivity index (χ0) is 17.0. The van der Waals surface area contributed by atoms with E-state index in [0.29, 0.717) is 21.0 Å². The SMILES string of the molecule is Cc1cc(Br)oc1C(=O)NCC(O)COc1cccc(Cl)c1Cl. The lowest BCUT2D eigenvalue weighted by molar-refractivity contribution is 0.0820. The van der Waals surface area contributed by atoms with Crippen molar-refractivity contribution in [2.75, 3.05) is 13.2 Å². The van der Waals surface area contributed by atoms with Gasteiger partial charge in [0.1, 0.15) is 23.5 Å². The maximum absolute atomic E-state index is 11.9. The van der Waals surface area contributed by atoms with Gasteiger partial charge in [0.2, 0.25) is 0 Å². The molecule has 1 heterocycles. The number of ether oxygens (including phenoxy) is 1. The van der Waals surface area contributed by atoms with Gasteiger partial charge in [-0.15, -0.1) is 0 Å². The van der Waals surface area contributed by atoms with Gasteiger partial charge in [-0.3, -0.25) is 4.79 Å². The maximum atomic E-state index is 11.9. The summed E-state index contributed by atoms with van der Waals surface area (Å²) in [5, 5.41) is 13.1. The van der Waals surface area contributed by atoms with Crippen molar-refractivity contribution in [2.24, 2.45) is 0 Å². The Hall–Kier alpha value is -1.21. The monoisotopic (exact) mass is 421 g/mol. The number of hydrogen-bond donors (Lipinski definition) is 2. The number of hydrogen-bond acceptors (Lipinski definition) is 4. The van der Waals surface area contributed by atoms with Crippen LogP contribution in [0.2, 0.25) is 10.0 Å². The molecule has 2 N–H and O–H groups in total. The van der Waals surface area contributed by atoms with Crippen molar-refractivity contribution >= 4 is 45.0 Å². The van der Waals surface area contributed by atoms with Gasteiger partial charge in [-0.25, -0.2) is 0 Å². The lowest BCUT2D eigenvalue weighted by atomic mass is 10.2. The molecule has 1 aromatic heterocycles. The van der Waals surface area contributed by atoms with E-state index in [1.54, 1.807) is 31.2 Å². The first-order chi connectivity index (χ1) is 10.9. The van der Waals surface area contributed by atoms with E-state index in [0.717, 1.165) is 0 Å². The van der Waals surface area contributed by atoms with E-state index in [1.807, 2.05) is 0 Å². The van der Waals surface area contributed by atoms with Crippen LogP contribution in [0.15, 0.2) is 33.4 Å². The number of carbonyl (C=O) groups is 1. The Labute approximate surface area is 151 Å². The van der Waals surface area contributed by atoms with E-state index in [2.05, 4.69) is 21.2 Å². The molecule has 8 heteroatoms. The number of carbonyl (C=O) groups excluding carboxylic acids is 1. The van der Waals surface area contributed by atoms with Crippen molar-refractivity contribution in [2.45, 2.75) is 13.0 Å². The highest BCUT2D eigenvalue weighted by Crippen LogP contribution is 2.31. The van der Waals surface area contributed by atoms with E-state index in [9.17, 15) is 9.90 Å². The molecule has 1 amide bonds. The van der Waals surface area contributed by atoms with Crippen LogP contribution >= 0.6 is 39.1 Å². The average molecular weight is 423 g/mol. The molecule has 0 bridgehead atoms. The molecular weight excluding hydrogens is 409 g/mol. The average Bonchev–Trinajstić information content (AvgIpc) is 2.85. The predicted molar refractivity (Wildman–Crippen MR) is 91.4 cm³/mol. The molecular formula is C15H14BrCl2NO4. The van der Waals surface area contributed by atoms with Crippen LogP contribution in [-0.2, 0) is 0 Å². The third kappa shape index (κ3) is 4.88. The first-order valence-corrected chi connectivity index (χ1v) is 8.22. The first kappa shape index (κ1) is 18.1. The molecule has 1 aromatic carbocycles. The Morgan fingerprint density at radius 1 is 1.48 bits per heavy atom. The molecule has 1 atom stereocenters. The second-order valence-corrected chi connectivity index (χ2v) is 6.36. The second-order valence-electron chi connectivity index (χ2n) is 4.79. The van der Waals surface area contributed by atoms with Gasteiger partial charge >= 0.3 is 0 Å². The summed E-state index contributed by atoms with van der Waals surface area (Å²) in [7, 11) is 0. The molecule has 23 heavy (non-hydrogen) atoms. The van der Waals surface area contributed by atoms with Crippen molar-refractivity contribution in [3.63, 3.8) is 0 Å². The Balaban J connectivity index is 1.83. The van der Waals surface area contributed by atoms with Gasteiger partial charge in [0.25, 0.3) is 5.91 Å². The van der Waals surface area contributed by atoms with E-state index in [4.69, 9.17) is 32.4 Å². The van der Waals surface area contributed by atoms with Crippen LogP contribution in [0.25, 0.3) is 0 Å². The van der Waals surface area contributed by atoms with Crippen LogP contribution in [0.5, 0.6) is 5.75 Å². The summed E-state index contributed by atoms with van der Waals surface area (Å²) in [6.07, 6.45) is -0.910. The summed E-state index contributed by atoms with van der Waals surface area (Å²) in [4.78, 5) is 11.9. The standard InChI is InChI=1S/C15H14BrCl2NO4/c1-8-5-12(16)23-14(8)15(21)19-6-9(20)7-22-11-4-2-3-10(17)13(11)18/h2-5,9,20H,6-7H2,1H3,(H,19,21). The van der Waals surface area contributed by atoms with E-state index < -0.39 is 12.0 Å². The summed E-state index contributed by atoms with van der Waals surface area (Å²) < 4.78 is 11.1. The third-order valence-electron chi connectivity index (χ3n) is 2.94. The topological polar surface area (TPSA) is 71.7 Å². The van der Waals surface area contributed by atoms with Crippen LogP contribution in [0.3, 0.4) is 0 Å². The molecule has 0 spiro atoms. The fourth-order valence-corrected chi connectivity index (χ4v) is 2.65. The molecule has 2 aromatic rings.